The summed E-state index contributed by atoms with van der Waals surface area (Å²) in [5.74, 6) is -4.22. The number of fused-ring (bicyclic) bond motifs is 1. The summed E-state index contributed by atoms with van der Waals surface area (Å²) in [6.07, 6.45) is 0. The van der Waals surface area contributed by atoms with Gasteiger partial charge in [0.05, 0.1) is 5.56 Å². The lowest BCUT2D eigenvalue weighted by Gasteiger charge is -2.14. The maximum Gasteiger partial charge on any atom is 0.208 e. The third-order valence-electron chi connectivity index (χ3n) is 4.61. The van der Waals surface area contributed by atoms with Gasteiger partial charge in [-0.1, -0.05) is 48.5 Å². The standard InChI is InChI=1S/C22H17NO5/c24-18-17(19(25)21(27)22(28)20(18)26)13-8-10-14(11-9-13)23-16-7-3-5-12-4-1-2-6-15(12)16/h1-11,23-28H. The second kappa shape index (κ2) is 6.59. The van der Waals surface area contributed by atoms with Crippen LogP contribution in [0.25, 0.3) is 21.9 Å². The van der Waals surface area contributed by atoms with Crippen molar-refractivity contribution < 1.29 is 25.5 Å². The van der Waals surface area contributed by atoms with Crippen molar-refractivity contribution in [3.63, 3.8) is 0 Å². The van der Waals surface area contributed by atoms with Crippen LogP contribution in [-0.4, -0.2) is 25.5 Å². The van der Waals surface area contributed by atoms with Gasteiger partial charge < -0.3 is 30.8 Å². The molecule has 0 aliphatic rings. The van der Waals surface area contributed by atoms with Crippen molar-refractivity contribution in [1.29, 1.82) is 0 Å². The van der Waals surface area contributed by atoms with Crippen LogP contribution in [0.5, 0.6) is 28.7 Å². The number of benzene rings is 4. The first-order chi connectivity index (χ1) is 13.5. The fourth-order valence-corrected chi connectivity index (χ4v) is 3.17. The number of anilines is 2. The molecule has 0 radical (unpaired) electrons. The van der Waals surface area contributed by atoms with E-state index in [1.807, 2.05) is 42.5 Å². The third-order valence-corrected chi connectivity index (χ3v) is 4.61. The first kappa shape index (κ1) is 17.4. The topological polar surface area (TPSA) is 113 Å². The number of rotatable bonds is 3. The van der Waals surface area contributed by atoms with Crippen LogP contribution in [0.2, 0.25) is 0 Å². The summed E-state index contributed by atoms with van der Waals surface area (Å²) in [6, 6.07) is 20.6. The molecule has 28 heavy (non-hydrogen) atoms. The minimum atomic E-state index is -0.979. The van der Waals surface area contributed by atoms with Crippen LogP contribution >= 0.6 is 0 Å². The Morgan fingerprint density at radius 3 is 1.79 bits per heavy atom. The highest BCUT2D eigenvalue weighted by Crippen LogP contribution is 2.54. The maximum atomic E-state index is 10.1. The van der Waals surface area contributed by atoms with Gasteiger partial charge in [-0.15, -0.1) is 0 Å². The normalized spacial score (nSPS) is 10.9. The number of phenolic OH excluding ortho intramolecular Hbond substituents is 5. The molecule has 0 aliphatic heterocycles. The highest BCUT2D eigenvalue weighted by molar-refractivity contribution is 5.95. The molecule has 0 bridgehead atoms. The van der Waals surface area contributed by atoms with Crippen LogP contribution in [0, 0.1) is 0 Å². The second-order valence-corrected chi connectivity index (χ2v) is 6.35. The van der Waals surface area contributed by atoms with E-state index >= 15 is 0 Å². The molecule has 140 valence electrons. The zero-order chi connectivity index (χ0) is 19.8. The molecule has 4 rings (SSSR count). The summed E-state index contributed by atoms with van der Waals surface area (Å²) in [6.45, 7) is 0. The van der Waals surface area contributed by atoms with E-state index in [0.717, 1.165) is 22.1 Å². The van der Waals surface area contributed by atoms with Crippen molar-refractivity contribution in [3.05, 3.63) is 66.7 Å². The van der Waals surface area contributed by atoms with Crippen molar-refractivity contribution >= 4 is 22.1 Å². The summed E-state index contributed by atoms with van der Waals surface area (Å²) >= 11 is 0. The SMILES string of the molecule is Oc1c(O)c(O)c(-c2ccc(Nc3cccc4ccccc34)cc2)c(O)c1O. The van der Waals surface area contributed by atoms with Crippen LogP contribution in [0.3, 0.4) is 0 Å². The zero-order valence-corrected chi connectivity index (χ0v) is 14.6. The molecular weight excluding hydrogens is 358 g/mol. The number of nitrogens with one attached hydrogen (secondary N) is 1. The molecule has 0 saturated carbocycles. The van der Waals surface area contributed by atoms with Gasteiger partial charge in [-0.25, -0.2) is 0 Å². The van der Waals surface area contributed by atoms with E-state index in [-0.39, 0.29) is 5.56 Å². The highest BCUT2D eigenvalue weighted by Gasteiger charge is 2.24. The smallest absolute Gasteiger partial charge is 0.208 e. The molecule has 0 heterocycles. The van der Waals surface area contributed by atoms with Crippen LogP contribution in [0.1, 0.15) is 0 Å². The summed E-state index contributed by atoms with van der Waals surface area (Å²) in [4.78, 5) is 0. The van der Waals surface area contributed by atoms with Crippen LogP contribution in [0.4, 0.5) is 11.4 Å². The van der Waals surface area contributed by atoms with Crippen molar-refractivity contribution in [2.24, 2.45) is 0 Å². The predicted octanol–water partition coefficient (Wildman–Crippen LogP) is 4.78. The molecule has 0 saturated heterocycles. The largest absolute Gasteiger partial charge is 0.504 e. The average molecular weight is 375 g/mol. The molecule has 0 atom stereocenters. The van der Waals surface area contributed by atoms with Crippen molar-refractivity contribution in [3.8, 4) is 39.9 Å². The van der Waals surface area contributed by atoms with Gasteiger partial charge in [0.25, 0.3) is 0 Å². The molecular formula is C22H17NO5. The lowest BCUT2D eigenvalue weighted by Crippen LogP contribution is -1.91. The van der Waals surface area contributed by atoms with Gasteiger partial charge in [0, 0.05) is 16.8 Å². The van der Waals surface area contributed by atoms with Crippen LogP contribution in [-0.2, 0) is 0 Å². The number of hydrogen-bond acceptors (Lipinski definition) is 6. The molecule has 0 aliphatic carbocycles. The molecule has 6 nitrogen and oxygen atoms in total. The van der Waals surface area contributed by atoms with Crippen molar-refractivity contribution in [2.45, 2.75) is 0 Å². The van der Waals surface area contributed by atoms with E-state index in [2.05, 4.69) is 5.32 Å². The number of hydrogen-bond donors (Lipinski definition) is 6. The van der Waals surface area contributed by atoms with E-state index in [1.54, 1.807) is 24.3 Å². The molecule has 0 fully saturated rings. The minimum Gasteiger partial charge on any atom is -0.504 e. The quantitative estimate of drug-likeness (QED) is 0.227. The molecule has 4 aromatic carbocycles. The Balaban J connectivity index is 1.71. The maximum absolute atomic E-state index is 10.1. The molecule has 0 unspecified atom stereocenters. The van der Waals surface area contributed by atoms with Gasteiger partial charge in [-0.05, 0) is 29.1 Å². The minimum absolute atomic E-state index is 0.176. The lowest BCUT2D eigenvalue weighted by atomic mass is 10.0. The monoisotopic (exact) mass is 375 g/mol. The lowest BCUT2D eigenvalue weighted by molar-refractivity contribution is 0.330. The zero-order valence-electron chi connectivity index (χ0n) is 14.6. The summed E-state index contributed by atoms with van der Waals surface area (Å²) in [5.41, 5.74) is 1.87. The fraction of sp³-hybridized carbons (Fsp3) is 0. The first-order valence-corrected chi connectivity index (χ1v) is 8.51. The Labute approximate surface area is 160 Å². The summed E-state index contributed by atoms with van der Waals surface area (Å²) < 4.78 is 0. The van der Waals surface area contributed by atoms with E-state index < -0.39 is 28.7 Å². The van der Waals surface area contributed by atoms with Gasteiger partial charge in [0.15, 0.2) is 11.5 Å². The molecule has 6 N–H and O–H groups in total. The molecule has 6 heteroatoms. The molecule has 4 aromatic rings. The molecule has 0 amide bonds. The fourth-order valence-electron chi connectivity index (χ4n) is 3.17. The van der Waals surface area contributed by atoms with Crippen molar-refractivity contribution in [1.82, 2.24) is 0 Å². The Kier molecular flexibility index (Phi) is 4.08. The Bertz CT molecular complexity index is 1150. The van der Waals surface area contributed by atoms with Gasteiger partial charge in [0.1, 0.15) is 0 Å². The summed E-state index contributed by atoms with van der Waals surface area (Å²) in [7, 11) is 0. The predicted molar refractivity (Wildman–Crippen MR) is 107 cm³/mol. The second-order valence-electron chi connectivity index (χ2n) is 6.35. The molecule has 0 aromatic heterocycles. The van der Waals surface area contributed by atoms with Gasteiger partial charge >= 0.3 is 0 Å². The summed E-state index contributed by atoms with van der Waals surface area (Å²) in [5, 5.41) is 54.6. The van der Waals surface area contributed by atoms with E-state index in [1.165, 1.54) is 0 Å². The Morgan fingerprint density at radius 2 is 1.11 bits per heavy atom. The average Bonchev–Trinajstić information content (AvgIpc) is 2.72. The number of aromatic hydroxyl groups is 5. The van der Waals surface area contributed by atoms with E-state index in [4.69, 9.17) is 0 Å². The third kappa shape index (κ3) is 2.77. The van der Waals surface area contributed by atoms with Gasteiger partial charge in [-0.3, -0.25) is 0 Å². The van der Waals surface area contributed by atoms with E-state index in [0.29, 0.717) is 5.56 Å². The number of phenols is 5. The first-order valence-electron chi connectivity index (χ1n) is 8.51. The van der Waals surface area contributed by atoms with Gasteiger partial charge in [-0.2, -0.15) is 0 Å². The van der Waals surface area contributed by atoms with Crippen LogP contribution < -0.4 is 5.32 Å². The Morgan fingerprint density at radius 1 is 0.536 bits per heavy atom. The van der Waals surface area contributed by atoms with Gasteiger partial charge in [0.2, 0.25) is 17.2 Å². The highest BCUT2D eigenvalue weighted by atomic mass is 16.4. The van der Waals surface area contributed by atoms with Crippen molar-refractivity contribution in [2.75, 3.05) is 5.32 Å². The van der Waals surface area contributed by atoms with Crippen LogP contribution in [0.15, 0.2) is 66.7 Å². The van der Waals surface area contributed by atoms with E-state index in [9.17, 15) is 25.5 Å². The molecule has 0 spiro atoms. The Hall–Kier alpha value is -4.06.